The lowest BCUT2D eigenvalue weighted by molar-refractivity contribution is -0.136. The zero-order valence-corrected chi connectivity index (χ0v) is 13.9. The van der Waals surface area contributed by atoms with Gasteiger partial charge in [0.1, 0.15) is 0 Å². The number of carbonyl (C=O) groups is 1. The third-order valence-corrected chi connectivity index (χ3v) is 4.49. The van der Waals surface area contributed by atoms with Gasteiger partial charge >= 0.3 is 5.97 Å². The Labute approximate surface area is 141 Å². The third-order valence-electron chi connectivity index (χ3n) is 4.49. The normalized spacial score (nSPS) is 15.6. The Hall–Kier alpha value is -2.44. The van der Waals surface area contributed by atoms with E-state index in [0.29, 0.717) is 12.3 Å². The second kappa shape index (κ2) is 7.42. The summed E-state index contributed by atoms with van der Waals surface area (Å²) in [4.78, 5) is 17.3. The SMILES string of the molecule is Cc1cc(N2CCC(Cn3cc(CCC(=O)O)nn3)CC2)ccn1. The molecule has 1 aliphatic heterocycles. The fourth-order valence-electron chi connectivity index (χ4n) is 3.14. The molecule has 0 atom stereocenters. The molecule has 7 heteroatoms. The maximum absolute atomic E-state index is 10.6. The maximum Gasteiger partial charge on any atom is 0.303 e. The summed E-state index contributed by atoms with van der Waals surface area (Å²) in [6.07, 6.45) is 6.52. The Kier molecular flexibility index (Phi) is 5.08. The average molecular weight is 329 g/mol. The van der Waals surface area contributed by atoms with Gasteiger partial charge in [-0.1, -0.05) is 5.21 Å². The molecule has 0 bridgehead atoms. The molecule has 3 rings (SSSR count). The van der Waals surface area contributed by atoms with E-state index < -0.39 is 5.97 Å². The number of rotatable bonds is 6. The van der Waals surface area contributed by atoms with Gasteiger partial charge in [-0.3, -0.25) is 14.5 Å². The lowest BCUT2D eigenvalue weighted by Gasteiger charge is -2.33. The van der Waals surface area contributed by atoms with Gasteiger partial charge in [-0.05, 0) is 37.8 Å². The van der Waals surface area contributed by atoms with Crippen LogP contribution in [0.1, 0.15) is 30.7 Å². The molecule has 0 spiro atoms. The summed E-state index contributed by atoms with van der Waals surface area (Å²) in [6, 6.07) is 4.20. The molecule has 0 aromatic carbocycles. The Morgan fingerprint density at radius 3 is 2.88 bits per heavy atom. The molecular formula is C17H23N5O2. The summed E-state index contributed by atoms with van der Waals surface area (Å²) in [5, 5.41) is 16.9. The van der Waals surface area contributed by atoms with Crippen molar-refractivity contribution in [1.82, 2.24) is 20.0 Å². The number of piperidine rings is 1. The van der Waals surface area contributed by atoms with Crippen LogP contribution in [0.25, 0.3) is 0 Å². The lowest BCUT2D eigenvalue weighted by Crippen LogP contribution is -2.35. The van der Waals surface area contributed by atoms with E-state index in [1.165, 1.54) is 5.69 Å². The number of carboxylic acid groups (broad SMARTS) is 1. The number of pyridine rings is 1. The third kappa shape index (κ3) is 4.31. The molecule has 0 saturated carbocycles. The van der Waals surface area contributed by atoms with Crippen molar-refractivity contribution in [2.45, 2.75) is 39.2 Å². The summed E-state index contributed by atoms with van der Waals surface area (Å²) >= 11 is 0. The molecule has 1 N–H and O–H groups in total. The first-order valence-electron chi connectivity index (χ1n) is 8.38. The molecule has 1 fully saturated rings. The number of aliphatic carboxylic acids is 1. The van der Waals surface area contributed by atoms with Gasteiger partial charge in [0.05, 0.1) is 12.1 Å². The molecule has 0 aliphatic carbocycles. The van der Waals surface area contributed by atoms with Gasteiger partial charge in [-0.25, -0.2) is 0 Å². The van der Waals surface area contributed by atoms with Gasteiger partial charge in [0.25, 0.3) is 0 Å². The van der Waals surface area contributed by atoms with Crippen molar-refractivity contribution in [2.75, 3.05) is 18.0 Å². The number of nitrogens with zero attached hydrogens (tertiary/aromatic N) is 5. The maximum atomic E-state index is 10.6. The van der Waals surface area contributed by atoms with Gasteiger partial charge in [-0.2, -0.15) is 0 Å². The molecule has 24 heavy (non-hydrogen) atoms. The Morgan fingerprint density at radius 2 is 2.17 bits per heavy atom. The van der Waals surface area contributed by atoms with Crippen LogP contribution in [-0.2, 0) is 17.8 Å². The molecular weight excluding hydrogens is 306 g/mol. The minimum Gasteiger partial charge on any atom is -0.481 e. The smallest absolute Gasteiger partial charge is 0.303 e. The van der Waals surface area contributed by atoms with Gasteiger partial charge in [-0.15, -0.1) is 5.10 Å². The van der Waals surface area contributed by atoms with Gasteiger partial charge < -0.3 is 10.0 Å². The number of aryl methyl sites for hydroxylation is 2. The zero-order chi connectivity index (χ0) is 16.9. The van der Waals surface area contributed by atoms with E-state index in [0.717, 1.165) is 43.9 Å². The van der Waals surface area contributed by atoms with Crippen LogP contribution in [0.2, 0.25) is 0 Å². The quantitative estimate of drug-likeness (QED) is 0.871. The summed E-state index contributed by atoms with van der Waals surface area (Å²) in [5.74, 6) is -0.221. The monoisotopic (exact) mass is 329 g/mol. The minimum atomic E-state index is -0.803. The fraction of sp³-hybridized carbons (Fsp3) is 0.529. The summed E-state index contributed by atoms with van der Waals surface area (Å²) in [7, 11) is 0. The van der Waals surface area contributed by atoms with Crippen LogP contribution in [0.3, 0.4) is 0 Å². The van der Waals surface area contributed by atoms with E-state index in [-0.39, 0.29) is 6.42 Å². The van der Waals surface area contributed by atoms with Crippen LogP contribution >= 0.6 is 0 Å². The van der Waals surface area contributed by atoms with Crippen LogP contribution in [0.5, 0.6) is 0 Å². The highest BCUT2D eigenvalue weighted by atomic mass is 16.4. The van der Waals surface area contributed by atoms with Crippen molar-refractivity contribution < 1.29 is 9.90 Å². The van der Waals surface area contributed by atoms with Crippen LogP contribution in [0.15, 0.2) is 24.5 Å². The van der Waals surface area contributed by atoms with Gasteiger partial charge in [0.15, 0.2) is 0 Å². The van der Waals surface area contributed by atoms with E-state index in [1.54, 1.807) is 0 Å². The number of aromatic nitrogens is 4. The van der Waals surface area contributed by atoms with Crippen molar-refractivity contribution in [3.63, 3.8) is 0 Å². The van der Waals surface area contributed by atoms with Crippen molar-refractivity contribution in [1.29, 1.82) is 0 Å². The van der Waals surface area contributed by atoms with Crippen molar-refractivity contribution >= 4 is 11.7 Å². The van der Waals surface area contributed by atoms with Crippen LogP contribution in [-0.4, -0.2) is 44.1 Å². The first kappa shape index (κ1) is 16.4. The largest absolute Gasteiger partial charge is 0.481 e. The zero-order valence-electron chi connectivity index (χ0n) is 13.9. The molecule has 128 valence electrons. The Morgan fingerprint density at radius 1 is 1.38 bits per heavy atom. The standard InChI is InChI=1S/C17H23N5O2/c1-13-10-16(4-7-18-13)21-8-5-14(6-9-21)11-22-12-15(19-20-22)2-3-17(23)24/h4,7,10,12,14H,2-3,5-6,8-9,11H2,1H3,(H,23,24). The first-order valence-corrected chi connectivity index (χ1v) is 8.38. The summed E-state index contributed by atoms with van der Waals surface area (Å²) in [5.41, 5.74) is 3.05. The van der Waals surface area contributed by atoms with Crippen LogP contribution < -0.4 is 4.90 Å². The predicted octanol–water partition coefficient (Wildman–Crippen LogP) is 1.92. The van der Waals surface area contributed by atoms with Crippen molar-refractivity contribution in [2.24, 2.45) is 5.92 Å². The topological polar surface area (TPSA) is 84.1 Å². The first-order chi connectivity index (χ1) is 11.6. The second-order valence-corrected chi connectivity index (χ2v) is 6.41. The fourth-order valence-corrected chi connectivity index (χ4v) is 3.14. The van der Waals surface area contributed by atoms with E-state index in [1.807, 2.05) is 24.0 Å². The van der Waals surface area contributed by atoms with Gasteiger partial charge in [0, 0.05) is 49.8 Å². The number of carboxylic acids is 1. The molecule has 1 saturated heterocycles. The highest BCUT2D eigenvalue weighted by Crippen LogP contribution is 2.24. The van der Waals surface area contributed by atoms with Crippen molar-refractivity contribution in [3.8, 4) is 0 Å². The van der Waals surface area contributed by atoms with E-state index in [9.17, 15) is 4.79 Å². The molecule has 7 nitrogen and oxygen atoms in total. The number of hydrogen-bond acceptors (Lipinski definition) is 5. The minimum absolute atomic E-state index is 0.0996. The van der Waals surface area contributed by atoms with Crippen LogP contribution in [0, 0.1) is 12.8 Å². The average Bonchev–Trinajstić information content (AvgIpc) is 3.01. The van der Waals surface area contributed by atoms with Gasteiger partial charge in [0.2, 0.25) is 0 Å². The predicted molar refractivity (Wildman–Crippen MR) is 89.9 cm³/mol. The summed E-state index contributed by atoms with van der Waals surface area (Å²) < 4.78 is 1.86. The van der Waals surface area contributed by atoms with Crippen molar-refractivity contribution in [3.05, 3.63) is 35.9 Å². The summed E-state index contributed by atoms with van der Waals surface area (Å²) in [6.45, 7) is 4.94. The van der Waals surface area contributed by atoms with E-state index in [4.69, 9.17) is 5.11 Å². The molecule has 2 aromatic rings. The molecule has 1 aliphatic rings. The highest BCUT2D eigenvalue weighted by molar-refractivity contribution is 5.66. The highest BCUT2D eigenvalue weighted by Gasteiger charge is 2.20. The lowest BCUT2D eigenvalue weighted by atomic mass is 9.96. The molecule has 0 unspecified atom stereocenters. The molecule has 0 radical (unpaired) electrons. The van der Waals surface area contributed by atoms with Crippen LogP contribution in [0.4, 0.5) is 5.69 Å². The van der Waals surface area contributed by atoms with E-state index >= 15 is 0 Å². The van der Waals surface area contributed by atoms with E-state index in [2.05, 4.69) is 32.3 Å². The second-order valence-electron chi connectivity index (χ2n) is 6.41. The Bertz CT molecular complexity index is 692. The molecule has 3 heterocycles. The number of hydrogen-bond donors (Lipinski definition) is 1. The molecule has 0 amide bonds. The Balaban J connectivity index is 1.49. The molecule has 2 aromatic heterocycles. The number of anilines is 1.